The van der Waals surface area contributed by atoms with Crippen LogP contribution in [0, 0.1) is 5.82 Å². The molecule has 8 heteroatoms. The van der Waals surface area contributed by atoms with E-state index in [2.05, 4.69) is 20.6 Å². The number of halogens is 2. The van der Waals surface area contributed by atoms with Crippen LogP contribution in [0.3, 0.4) is 0 Å². The first-order valence-electron chi connectivity index (χ1n) is 8.82. The average Bonchev–Trinajstić information content (AvgIpc) is 3.05. The largest absolute Gasteiger partial charge is 0.352 e. The van der Waals surface area contributed by atoms with Crippen molar-refractivity contribution < 1.29 is 14.0 Å². The van der Waals surface area contributed by atoms with Crippen LogP contribution in [0.5, 0.6) is 0 Å². The van der Waals surface area contributed by atoms with Crippen LogP contribution in [0.25, 0.3) is 10.9 Å². The second kappa shape index (κ2) is 8.39. The smallest absolute Gasteiger partial charge is 0.268 e. The minimum absolute atomic E-state index is 0.0820. The van der Waals surface area contributed by atoms with Crippen LogP contribution < -0.4 is 10.6 Å². The van der Waals surface area contributed by atoms with E-state index in [0.717, 1.165) is 10.9 Å². The summed E-state index contributed by atoms with van der Waals surface area (Å²) in [6.45, 7) is 3.67. The quantitative estimate of drug-likeness (QED) is 0.553. The zero-order valence-corrected chi connectivity index (χ0v) is 16.2. The molecule has 0 saturated heterocycles. The molecule has 0 aliphatic rings. The Morgan fingerprint density at radius 1 is 1.18 bits per heavy atom. The van der Waals surface area contributed by atoms with Gasteiger partial charge in [-0.3, -0.25) is 9.59 Å². The molecule has 0 spiro atoms. The molecule has 2 amide bonds. The highest BCUT2D eigenvalue weighted by atomic mass is 35.5. The van der Waals surface area contributed by atoms with Gasteiger partial charge >= 0.3 is 0 Å². The predicted molar refractivity (Wildman–Crippen MR) is 106 cm³/mol. The molecule has 1 unspecified atom stereocenters. The third-order valence-corrected chi connectivity index (χ3v) is 4.33. The van der Waals surface area contributed by atoms with Crippen molar-refractivity contribution in [2.75, 3.05) is 0 Å². The molecule has 3 rings (SSSR count). The van der Waals surface area contributed by atoms with E-state index in [1.165, 1.54) is 18.3 Å². The fraction of sp³-hybridized carbons (Fsp3) is 0.250. The summed E-state index contributed by atoms with van der Waals surface area (Å²) in [6, 6.07) is 8.22. The molecule has 0 aliphatic carbocycles. The minimum Gasteiger partial charge on any atom is -0.352 e. The number of carbonyl (C=O) groups excluding carboxylic acids is 2. The zero-order valence-electron chi connectivity index (χ0n) is 15.4. The van der Waals surface area contributed by atoms with Crippen LogP contribution >= 0.6 is 11.6 Å². The predicted octanol–water partition coefficient (Wildman–Crippen LogP) is 3.22. The van der Waals surface area contributed by atoms with Crippen LogP contribution in [-0.4, -0.2) is 33.9 Å². The van der Waals surface area contributed by atoms with Crippen LogP contribution in [0.1, 0.15) is 29.9 Å². The maximum Gasteiger partial charge on any atom is 0.268 e. The lowest BCUT2D eigenvalue weighted by molar-refractivity contribution is -0.123. The van der Waals surface area contributed by atoms with Crippen LogP contribution in [0.4, 0.5) is 4.39 Å². The van der Waals surface area contributed by atoms with E-state index in [0.29, 0.717) is 16.4 Å². The van der Waals surface area contributed by atoms with Crippen LogP contribution in [0.15, 0.2) is 42.6 Å². The second-order valence-corrected chi connectivity index (χ2v) is 7.18. The second-order valence-electron chi connectivity index (χ2n) is 6.80. The maximum absolute atomic E-state index is 13.1. The van der Waals surface area contributed by atoms with Gasteiger partial charge in [0.15, 0.2) is 0 Å². The monoisotopic (exact) mass is 402 g/mol. The molecule has 3 N–H and O–H groups in total. The third kappa shape index (κ3) is 4.86. The van der Waals surface area contributed by atoms with Crippen molar-refractivity contribution in [3.05, 3.63) is 64.8 Å². The number of rotatable bonds is 6. The first-order valence-corrected chi connectivity index (χ1v) is 9.19. The number of H-pyrrole nitrogens is 1. The first kappa shape index (κ1) is 19.8. The Kier molecular flexibility index (Phi) is 5.94. The molecule has 146 valence electrons. The normalized spacial score (nSPS) is 12.2. The van der Waals surface area contributed by atoms with Crippen LogP contribution in [-0.2, 0) is 11.2 Å². The van der Waals surface area contributed by atoms with Crippen LogP contribution in [0.2, 0.25) is 5.15 Å². The summed E-state index contributed by atoms with van der Waals surface area (Å²) in [5, 5.41) is 6.61. The van der Waals surface area contributed by atoms with E-state index < -0.39 is 11.9 Å². The van der Waals surface area contributed by atoms with Crippen molar-refractivity contribution >= 4 is 34.3 Å². The van der Waals surface area contributed by atoms with Gasteiger partial charge in [0, 0.05) is 17.8 Å². The van der Waals surface area contributed by atoms with Gasteiger partial charge < -0.3 is 15.6 Å². The number of aromatic nitrogens is 2. The number of nitrogens with one attached hydrogen (secondary N) is 3. The molecule has 0 radical (unpaired) electrons. The molecule has 6 nitrogen and oxygen atoms in total. The molecule has 2 aromatic heterocycles. The number of fused-ring (bicyclic) bond motifs is 1. The Labute approximate surface area is 166 Å². The standard InChI is InChI=1S/C20H20ClFN4O2/c1-11(2)24-19(27)15(7-12-3-5-14(22)6-4-12)26-20(28)16-8-13-9-18(21)23-10-17(13)25-16/h3-6,8-11,15,25H,7H2,1-2H3,(H,24,27)(H,26,28). The Morgan fingerprint density at radius 3 is 2.57 bits per heavy atom. The zero-order chi connectivity index (χ0) is 20.3. The fourth-order valence-corrected chi connectivity index (χ4v) is 2.98. The molecule has 2 heterocycles. The van der Waals surface area contributed by atoms with Gasteiger partial charge in [-0.05, 0) is 43.7 Å². The van der Waals surface area contributed by atoms with E-state index in [9.17, 15) is 14.0 Å². The highest BCUT2D eigenvalue weighted by Crippen LogP contribution is 2.18. The van der Waals surface area contributed by atoms with Crippen molar-refractivity contribution in [1.29, 1.82) is 0 Å². The highest BCUT2D eigenvalue weighted by molar-refractivity contribution is 6.30. The van der Waals surface area contributed by atoms with E-state index >= 15 is 0 Å². The number of hydrogen-bond donors (Lipinski definition) is 3. The molecule has 28 heavy (non-hydrogen) atoms. The summed E-state index contributed by atoms with van der Waals surface area (Å²) in [5.74, 6) is -1.10. The Morgan fingerprint density at radius 2 is 1.89 bits per heavy atom. The number of hydrogen-bond acceptors (Lipinski definition) is 3. The van der Waals surface area contributed by atoms with Gasteiger partial charge in [0.25, 0.3) is 5.91 Å². The molecule has 0 bridgehead atoms. The summed E-state index contributed by atoms with van der Waals surface area (Å²) in [7, 11) is 0. The fourth-order valence-electron chi connectivity index (χ4n) is 2.81. The number of carbonyl (C=O) groups is 2. The number of benzene rings is 1. The molecule has 0 saturated carbocycles. The van der Waals surface area contributed by atoms with Gasteiger partial charge in [0.1, 0.15) is 22.7 Å². The molecule has 1 aromatic carbocycles. The van der Waals surface area contributed by atoms with E-state index in [1.807, 2.05) is 13.8 Å². The van der Waals surface area contributed by atoms with Gasteiger partial charge in [-0.15, -0.1) is 0 Å². The third-order valence-electron chi connectivity index (χ3n) is 4.12. The number of aromatic amines is 1. The molecular formula is C20H20ClFN4O2. The van der Waals surface area contributed by atoms with Gasteiger partial charge in [-0.25, -0.2) is 9.37 Å². The summed E-state index contributed by atoms with van der Waals surface area (Å²) in [4.78, 5) is 32.2. The lowest BCUT2D eigenvalue weighted by Gasteiger charge is -2.20. The Balaban J connectivity index is 1.80. The number of amides is 2. The van der Waals surface area contributed by atoms with Crippen molar-refractivity contribution in [3.8, 4) is 0 Å². The van der Waals surface area contributed by atoms with Gasteiger partial charge in [-0.1, -0.05) is 23.7 Å². The molecule has 0 fully saturated rings. The van der Waals surface area contributed by atoms with Gasteiger partial charge in [-0.2, -0.15) is 0 Å². The summed E-state index contributed by atoms with van der Waals surface area (Å²) in [6.07, 6.45) is 1.77. The first-order chi connectivity index (χ1) is 13.3. The minimum atomic E-state index is -0.812. The van der Waals surface area contributed by atoms with Crippen molar-refractivity contribution in [2.45, 2.75) is 32.4 Å². The van der Waals surface area contributed by atoms with Gasteiger partial charge in [0.2, 0.25) is 5.91 Å². The maximum atomic E-state index is 13.1. The van der Waals surface area contributed by atoms with E-state index in [1.54, 1.807) is 24.3 Å². The molecular weight excluding hydrogens is 383 g/mol. The average molecular weight is 403 g/mol. The topological polar surface area (TPSA) is 86.9 Å². The van der Waals surface area contributed by atoms with Crippen molar-refractivity contribution in [3.63, 3.8) is 0 Å². The molecule has 3 aromatic rings. The van der Waals surface area contributed by atoms with Crippen molar-refractivity contribution in [2.24, 2.45) is 0 Å². The number of nitrogens with zero attached hydrogens (tertiary/aromatic N) is 1. The van der Waals surface area contributed by atoms with E-state index in [4.69, 9.17) is 11.6 Å². The van der Waals surface area contributed by atoms with Crippen molar-refractivity contribution in [1.82, 2.24) is 20.6 Å². The van der Waals surface area contributed by atoms with Gasteiger partial charge in [0.05, 0.1) is 11.7 Å². The summed E-state index contributed by atoms with van der Waals surface area (Å²) < 4.78 is 13.1. The summed E-state index contributed by atoms with van der Waals surface area (Å²) >= 11 is 5.88. The lowest BCUT2D eigenvalue weighted by Crippen LogP contribution is -2.49. The highest BCUT2D eigenvalue weighted by Gasteiger charge is 2.23. The number of pyridine rings is 1. The molecule has 0 aliphatic heterocycles. The Bertz CT molecular complexity index is 1000. The Hall–Kier alpha value is -2.93. The SMILES string of the molecule is CC(C)NC(=O)C(Cc1ccc(F)cc1)NC(=O)c1cc2cc(Cl)ncc2[nH]1. The lowest BCUT2D eigenvalue weighted by atomic mass is 10.0. The summed E-state index contributed by atoms with van der Waals surface area (Å²) in [5.41, 5.74) is 1.69. The van der Waals surface area contributed by atoms with E-state index in [-0.39, 0.29) is 24.2 Å². The molecule has 1 atom stereocenters.